The first-order chi connectivity index (χ1) is 6.72. The van der Waals surface area contributed by atoms with Crippen LogP contribution in [-0.2, 0) is 17.8 Å². The van der Waals surface area contributed by atoms with Gasteiger partial charge in [-0.2, -0.15) is 0 Å². The van der Waals surface area contributed by atoms with Crippen molar-refractivity contribution >= 4 is 5.91 Å². The molecule has 0 aromatic heterocycles. The lowest BCUT2D eigenvalue weighted by molar-refractivity contribution is -0.130. The fraction of sp³-hybridized carbons (Fsp3) is 0.364. The van der Waals surface area contributed by atoms with E-state index in [1.165, 1.54) is 0 Å². The van der Waals surface area contributed by atoms with E-state index < -0.39 is 0 Å². The van der Waals surface area contributed by atoms with Gasteiger partial charge >= 0.3 is 0 Å². The molecule has 0 unspecified atom stereocenters. The first-order valence-corrected chi connectivity index (χ1v) is 4.61. The summed E-state index contributed by atoms with van der Waals surface area (Å²) in [5.74, 6) is 1.05. The Kier molecular flexibility index (Phi) is 2.15. The van der Waals surface area contributed by atoms with Gasteiger partial charge in [-0.3, -0.25) is 4.79 Å². The highest BCUT2D eigenvalue weighted by molar-refractivity contribution is 5.81. The van der Waals surface area contributed by atoms with Gasteiger partial charge in [0.15, 0.2) is 0 Å². The van der Waals surface area contributed by atoms with Crippen molar-refractivity contribution in [2.45, 2.75) is 13.0 Å². The van der Waals surface area contributed by atoms with Gasteiger partial charge in [0.05, 0.1) is 13.5 Å². The van der Waals surface area contributed by atoms with Gasteiger partial charge in [-0.05, 0) is 11.6 Å². The SMILES string of the molecule is COc1cccc2c1CN(C)C(=O)C2. The summed E-state index contributed by atoms with van der Waals surface area (Å²) in [7, 11) is 3.48. The van der Waals surface area contributed by atoms with Crippen molar-refractivity contribution in [3.05, 3.63) is 29.3 Å². The summed E-state index contributed by atoms with van der Waals surface area (Å²) in [5, 5.41) is 0. The molecule has 0 aliphatic carbocycles. The second kappa shape index (κ2) is 3.33. The molecule has 0 atom stereocenters. The van der Waals surface area contributed by atoms with Gasteiger partial charge in [0.1, 0.15) is 5.75 Å². The number of likely N-dealkylation sites (N-methyl/N-ethyl adjacent to an activating group) is 1. The van der Waals surface area contributed by atoms with Crippen molar-refractivity contribution in [1.82, 2.24) is 4.90 Å². The zero-order valence-electron chi connectivity index (χ0n) is 8.41. The molecule has 0 bridgehead atoms. The highest BCUT2D eigenvalue weighted by Gasteiger charge is 2.22. The monoisotopic (exact) mass is 191 g/mol. The standard InChI is InChI=1S/C11H13NO2/c1-12-7-9-8(6-11(12)13)4-3-5-10(9)14-2/h3-5H,6-7H2,1-2H3. The molecule has 1 aromatic rings. The minimum Gasteiger partial charge on any atom is -0.496 e. The molecule has 2 rings (SSSR count). The predicted octanol–water partition coefficient (Wildman–Crippen LogP) is 1.21. The Morgan fingerprint density at radius 2 is 2.21 bits per heavy atom. The number of hydrogen-bond acceptors (Lipinski definition) is 2. The van der Waals surface area contributed by atoms with E-state index in [1.54, 1.807) is 12.0 Å². The molecule has 1 aliphatic heterocycles. The van der Waals surface area contributed by atoms with Gasteiger partial charge in [-0.25, -0.2) is 0 Å². The van der Waals surface area contributed by atoms with E-state index in [-0.39, 0.29) is 5.91 Å². The van der Waals surface area contributed by atoms with Gasteiger partial charge < -0.3 is 9.64 Å². The van der Waals surface area contributed by atoms with E-state index in [1.807, 2.05) is 25.2 Å². The van der Waals surface area contributed by atoms with Crippen molar-refractivity contribution in [2.24, 2.45) is 0 Å². The normalized spacial score (nSPS) is 15.3. The lowest BCUT2D eigenvalue weighted by atomic mass is 9.99. The number of hydrogen-bond donors (Lipinski definition) is 0. The summed E-state index contributed by atoms with van der Waals surface area (Å²) < 4.78 is 5.26. The maximum absolute atomic E-state index is 11.4. The molecule has 0 radical (unpaired) electrons. The van der Waals surface area contributed by atoms with Gasteiger partial charge in [0, 0.05) is 19.2 Å². The van der Waals surface area contributed by atoms with Crippen LogP contribution in [0.25, 0.3) is 0 Å². The van der Waals surface area contributed by atoms with Crippen LogP contribution in [0.2, 0.25) is 0 Å². The largest absolute Gasteiger partial charge is 0.496 e. The third-order valence-corrected chi connectivity index (χ3v) is 2.61. The first kappa shape index (κ1) is 9.06. The summed E-state index contributed by atoms with van der Waals surface area (Å²) in [6.07, 6.45) is 0.489. The Labute approximate surface area is 83.3 Å². The van der Waals surface area contributed by atoms with Crippen molar-refractivity contribution in [2.75, 3.05) is 14.2 Å². The molecule has 0 fully saturated rings. The molecule has 74 valence electrons. The molecule has 0 saturated carbocycles. The van der Waals surface area contributed by atoms with E-state index in [9.17, 15) is 4.79 Å². The van der Waals surface area contributed by atoms with E-state index >= 15 is 0 Å². The third-order valence-electron chi connectivity index (χ3n) is 2.61. The average Bonchev–Trinajstić information content (AvgIpc) is 2.19. The molecule has 0 saturated heterocycles. The number of amides is 1. The van der Waals surface area contributed by atoms with Crippen LogP contribution < -0.4 is 4.74 Å². The lowest BCUT2D eigenvalue weighted by Crippen LogP contribution is -2.32. The van der Waals surface area contributed by atoms with Gasteiger partial charge in [0.25, 0.3) is 0 Å². The molecule has 1 aliphatic rings. The minimum absolute atomic E-state index is 0.172. The van der Waals surface area contributed by atoms with Crippen molar-refractivity contribution in [3.8, 4) is 5.75 Å². The van der Waals surface area contributed by atoms with E-state index in [2.05, 4.69) is 0 Å². The molecule has 1 heterocycles. The molecular weight excluding hydrogens is 178 g/mol. The summed E-state index contributed by atoms with van der Waals surface area (Å²) in [5.41, 5.74) is 2.23. The predicted molar refractivity (Wildman–Crippen MR) is 53.2 cm³/mol. The lowest BCUT2D eigenvalue weighted by Gasteiger charge is -2.26. The zero-order chi connectivity index (χ0) is 10.1. The maximum Gasteiger partial charge on any atom is 0.227 e. The molecule has 3 heteroatoms. The van der Waals surface area contributed by atoms with Gasteiger partial charge in [0.2, 0.25) is 5.91 Å². The van der Waals surface area contributed by atoms with Crippen LogP contribution in [0.5, 0.6) is 5.75 Å². The molecule has 1 aromatic carbocycles. The molecule has 0 spiro atoms. The topological polar surface area (TPSA) is 29.5 Å². The summed E-state index contributed by atoms with van der Waals surface area (Å²) >= 11 is 0. The third kappa shape index (κ3) is 1.35. The second-order valence-electron chi connectivity index (χ2n) is 3.52. The number of fused-ring (bicyclic) bond motifs is 1. The van der Waals surface area contributed by atoms with Crippen LogP contribution in [0.4, 0.5) is 0 Å². The van der Waals surface area contributed by atoms with Crippen LogP contribution in [0.3, 0.4) is 0 Å². The van der Waals surface area contributed by atoms with Crippen molar-refractivity contribution < 1.29 is 9.53 Å². The number of benzene rings is 1. The Balaban J connectivity index is 2.46. The summed E-state index contributed by atoms with van der Waals surface area (Å²) in [6, 6.07) is 5.85. The molecule has 14 heavy (non-hydrogen) atoms. The number of nitrogens with zero attached hydrogens (tertiary/aromatic N) is 1. The Morgan fingerprint density at radius 3 is 2.93 bits per heavy atom. The van der Waals surface area contributed by atoms with Crippen LogP contribution >= 0.6 is 0 Å². The van der Waals surface area contributed by atoms with Crippen LogP contribution in [0.15, 0.2) is 18.2 Å². The Hall–Kier alpha value is -1.51. The Morgan fingerprint density at radius 1 is 1.43 bits per heavy atom. The number of methoxy groups -OCH3 is 1. The zero-order valence-corrected chi connectivity index (χ0v) is 8.41. The summed E-state index contributed by atoms with van der Waals surface area (Å²) in [4.78, 5) is 13.2. The van der Waals surface area contributed by atoms with Crippen LogP contribution in [0.1, 0.15) is 11.1 Å². The Bertz CT molecular complexity index is 374. The smallest absolute Gasteiger partial charge is 0.227 e. The van der Waals surface area contributed by atoms with Crippen molar-refractivity contribution in [1.29, 1.82) is 0 Å². The molecule has 1 amide bonds. The summed E-state index contributed by atoms with van der Waals surface area (Å²) in [6.45, 7) is 0.651. The quantitative estimate of drug-likeness (QED) is 0.667. The average molecular weight is 191 g/mol. The molecule has 0 N–H and O–H groups in total. The molecule has 3 nitrogen and oxygen atoms in total. The maximum atomic E-state index is 11.4. The van der Waals surface area contributed by atoms with Gasteiger partial charge in [-0.1, -0.05) is 12.1 Å². The van der Waals surface area contributed by atoms with E-state index in [0.717, 1.165) is 16.9 Å². The first-order valence-electron chi connectivity index (χ1n) is 4.61. The fourth-order valence-corrected chi connectivity index (χ4v) is 1.77. The van der Waals surface area contributed by atoms with E-state index in [4.69, 9.17) is 4.74 Å². The van der Waals surface area contributed by atoms with Crippen molar-refractivity contribution in [3.63, 3.8) is 0 Å². The highest BCUT2D eigenvalue weighted by atomic mass is 16.5. The van der Waals surface area contributed by atoms with E-state index in [0.29, 0.717) is 13.0 Å². The van der Waals surface area contributed by atoms with Crippen LogP contribution in [0, 0.1) is 0 Å². The van der Waals surface area contributed by atoms with Crippen LogP contribution in [-0.4, -0.2) is 25.0 Å². The fourth-order valence-electron chi connectivity index (χ4n) is 1.77. The number of carbonyl (C=O) groups excluding carboxylic acids is 1. The number of ether oxygens (including phenoxy) is 1. The second-order valence-corrected chi connectivity index (χ2v) is 3.52. The highest BCUT2D eigenvalue weighted by Crippen LogP contribution is 2.27. The molecular formula is C11H13NO2. The van der Waals surface area contributed by atoms with Gasteiger partial charge in [-0.15, -0.1) is 0 Å². The number of rotatable bonds is 1. The minimum atomic E-state index is 0.172. The number of carbonyl (C=O) groups is 1.